The number of anilines is 8. The minimum atomic E-state index is -0.509. The van der Waals surface area contributed by atoms with Gasteiger partial charge in [-0.3, -0.25) is 38.4 Å². The Morgan fingerprint density at radius 3 is 0.814 bits per heavy atom. The number of hydrogen-bond acceptors (Lipinski definition) is 30. The van der Waals surface area contributed by atoms with Crippen LogP contribution in [-0.4, -0.2) is 156 Å². The molecule has 12 heterocycles. The van der Waals surface area contributed by atoms with Crippen molar-refractivity contribution in [2.45, 2.75) is 0 Å². The highest BCUT2D eigenvalue weighted by molar-refractivity contribution is 7.18. The third-order valence-corrected chi connectivity index (χ3v) is 22.3. The third kappa shape index (κ3) is 22.1. The number of nitrogen functional groups attached to an aromatic ring is 2. The molecule has 0 radical (unpaired) electrons. The summed E-state index contributed by atoms with van der Waals surface area (Å²) >= 11 is 14.8. The monoisotopic (exact) mass is 1720 g/mol. The lowest BCUT2D eigenvalue weighted by molar-refractivity contribution is -0.112. The molecule has 0 aliphatic carbocycles. The summed E-state index contributed by atoms with van der Waals surface area (Å²) in [6.07, 6.45) is 4.49. The first-order valence-corrected chi connectivity index (χ1v) is 40.6. The highest BCUT2D eigenvalue weighted by Gasteiger charge is 2.25. The van der Waals surface area contributed by atoms with E-state index in [0.29, 0.717) is 216 Å². The van der Waals surface area contributed by atoms with Crippen LogP contribution < -0.4 is 82.4 Å². The number of allylic oxidation sites excluding steroid dienone is 2. The van der Waals surface area contributed by atoms with Crippen molar-refractivity contribution in [1.82, 2.24) is 0 Å². The Hall–Kier alpha value is -11.8. The maximum absolute atomic E-state index is 12.7. The van der Waals surface area contributed by atoms with Crippen LogP contribution in [0.4, 0.5) is 46.3 Å². The zero-order valence-corrected chi connectivity index (χ0v) is 69.3. The lowest BCUT2D eigenvalue weighted by atomic mass is 10.1. The fraction of sp³-hybridized carbons (Fsp3) is 0.238. The number of carbonyl (C=O) groups excluding carboxylic acids is 4. The van der Waals surface area contributed by atoms with Crippen molar-refractivity contribution in [3.63, 3.8) is 0 Å². The number of morpholine rings is 4. The van der Waals surface area contributed by atoms with Crippen molar-refractivity contribution >= 4 is 178 Å². The number of nitrogens with one attached hydrogen (secondary N) is 2. The van der Waals surface area contributed by atoms with Crippen molar-refractivity contribution in [3.8, 4) is 67.5 Å². The molecule has 0 spiro atoms. The second-order valence-electron chi connectivity index (χ2n) is 25.7. The molecule has 4 aliphatic heterocycles. The molecule has 12 aromatic rings. The van der Waals surface area contributed by atoms with Gasteiger partial charge >= 0.3 is 0 Å². The number of thiophene rings is 4. The van der Waals surface area contributed by atoms with Crippen LogP contribution in [0.25, 0.3) is 85.6 Å². The van der Waals surface area contributed by atoms with E-state index < -0.39 is 10.5 Å². The summed E-state index contributed by atoms with van der Waals surface area (Å²) in [5, 5.41) is 12.1. The molecule has 28 nitrogen and oxygen atoms in total. The van der Waals surface area contributed by atoms with E-state index in [1.54, 1.807) is 64.8 Å². The Kier molecular flexibility index (Phi) is 30.5. The zero-order valence-electron chi connectivity index (χ0n) is 64.5. The van der Waals surface area contributed by atoms with Crippen LogP contribution in [-0.2, 0) is 38.1 Å². The summed E-state index contributed by atoms with van der Waals surface area (Å²) in [4.78, 5) is 101. The number of nitrogens with two attached hydrogens (primary N) is 2. The molecule has 616 valence electrons. The van der Waals surface area contributed by atoms with Crippen LogP contribution >= 0.6 is 68.5 Å². The second-order valence-corrected chi connectivity index (χ2v) is 30.0. The second kappa shape index (κ2) is 41.3. The first kappa shape index (κ1) is 87.0. The van der Waals surface area contributed by atoms with Gasteiger partial charge in [0.2, 0.25) is 44.0 Å². The predicted molar refractivity (Wildman–Crippen MR) is 470 cm³/mol. The quantitative estimate of drug-likeness (QED) is 0.0352. The van der Waals surface area contributed by atoms with E-state index in [9.17, 15) is 38.4 Å². The molecule has 0 saturated carbocycles. The third-order valence-electron chi connectivity index (χ3n) is 18.1. The molecule has 34 heteroatoms. The summed E-state index contributed by atoms with van der Waals surface area (Å²) in [6.45, 7) is 23.5. The summed E-state index contributed by atoms with van der Waals surface area (Å²) in [5.74, 6) is 4.08. The fourth-order valence-electron chi connectivity index (χ4n) is 12.3. The van der Waals surface area contributed by atoms with E-state index in [1.807, 2.05) is 89.7 Å². The Morgan fingerprint density at radius 1 is 0.364 bits per heavy atom. The van der Waals surface area contributed by atoms with Crippen LogP contribution in [0, 0.1) is 0 Å². The number of halogens is 2. The topological polar surface area (TPSA) is 352 Å². The van der Waals surface area contributed by atoms with Gasteiger partial charge in [0.05, 0.1) is 81.3 Å². The van der Waals surface area contributed by atoms with E-state index in [4.69, 9.17) is 90.2 Å². The van der Waals surface area contributed by atoms with Crippen molar-refractivity contribution in [1.29, 1.82) is 0 Å². The van der Waals surface area contributed by atoms with Gasteiger partial charge in [-0.1, -0.05) is 26.3 Å². The van der Waals surface area contributed by atoms with E-state index in [0.717, 1.165) is 56.7 Å². The number of ether oxygens (including phenoxy) is 8. The number of benzene rings is 4. The molecular formula is C84H82Cl2N8O20S4. The Morgan fingerprint density at radius 2 is 0.593 bits per heavy atom. The zero-order chi connectivity index (χ0) is 84.1. The molecule has 4 saturated heterocycles. The molecule has 0 unspecified atom stereocenters. The van der Waals surface area contributed by atoms with Gasteiger partial charge in [0.1, 0.15) is 41.8 Å². The number of rotatable bonds is 18. The molecule has 0 bridgehead atoms. The molecule has 4 aliphatic rings. The molecule has 16 rings (SSSR count). The van der Waals surface area contributed by atoms with Gasteiger partial charge in [-0.25, -0.2) is 0 Å². The van der Waals surface area contributed by atoms with Crippen LogP contribution in [0.15, 0.2) is 206 Å². The maximum Gasteiger partial charge on any atom is 0.247 e. The van der Waals surface area contributed by atoms with Crippen molar-refractivity contribution in [2.75, 3.05) is 175 Å². The van der Waals surface area contributed by atoms with Gasteiger partial charge < -0.3 is 97.3 Å². The number of nitrogens with zero attached hydrogens (tertiary/aromatic N) is 4. The number of amides is 2. The van der Waals surface area contributed by atoms with E-state index in [1.165, 1.54) is 69.6 Å². The van der Waals surface area contributed by atoms with Crippen LogP contribution in [0.2, 0.25) is 0 Å². The Bertz CT molecular complexity index is 5570. The molecular weight excluding hydrogens is 1640 g/mol. The van der Waals surface area contributed by atoms with Gasteiger partial charge in [-0.05, 0) is 118 Å². The first-order chi connectivity index (χ1) is 57.0. The molecule has 4 fully saturated rings. The van der Waals surface area contributed by atoms with Crippen molar-refractivity contribution in [3.05, 3.63) is 210 Å². The smallest absolute Gasteiger partial charge is 0.247 e. The lowest BCUT2D eigenvalue weighted by Crippen LogP contribution is -2.36. The van der Waals surface area contributed by atoms with Gasteiger partial charge in [0.15, 0.2) is 45.9 Å². The summed E-state index contributed by atoms with van der Waals surface area (Å²) in [6, 6.07) is 27.9. The SMILES string of the molecule is C=CC(=O)Cl.C=CC(=O)Cl.C=CC(=O)Nc1cc(OC)cc(-c2csc3c(=O)cc(N4CCOCC4)oc23)c1.C=CC(=O)Nc1cc(OC)cc(-c2csc3c(=O)cc(N4CCOCC4)oc23)c1.COc1cc(N)cc(-c2csc3c(=O)cc(N4CCOCC4)oc23)c1.COc1cc(N)cc(-c2csc3c(=O)cc(N4CCOCC4)oc23)c1. The van der Waals surface area contributed by atoms with Gasteiger partial charge in [-0.15, -0.1) is 45.3 Å². The highest BCUT2D eigenvalue weighted by Crippen LogP contribution is 2.42. The van der Waals surface area contributed by atoms with E-state index in [2.05, 4.69) is 36.9 Å². The highest BCUT2D eigenvalue weighted by atomic mass is 35.5. The summed E-state index contributed by atoms with van der Waals surface area (Å²) in [5.41, 5.74) is 22.8. The number of hydrogen-bond donors (Lipinski definition) is 4. The summed E-state index contributed by atoms with van der Waals surface area (Å²) in [7, 11) is 6.31. The minimum absolute atomic E-state index is 0.0325. The van der Waals surface area contributed by atoms with Crippen LogP contribution in [0.1, 0.15) is 0 Å². The normalized spacial score (nSPS) is 13.7. The molecule has 2 amide bonds. The predicted octanol–water partition coefficient (Wildman–Crippen LogP) is 14.8. The Labute approximate surface area is 701 Å². The maximum atomic E-state index is 12.7. The van der Waals surface area contributed by atoms with Gasteiger partial charge in [0, 0.05) is 167 Å². The van der Waals surface area contributed by atoms with Crippen molar-refractivity contribution in [2.24, 2.45) is 0 Å². The average Bonchev–Trinajstić information content (AvgIpc) is 1.62. The molecule has 6 N–H and O–H groups in total. The molecule has 118 heavy (non-hydrogen) atoms. The largest absolute Gasteiger partial charge is 0.497 e. The standard InChI is InChI=1S/2C21H20N2O5S.2C18H18N2O4S.2C3H3ClO/c2*1-3-18(25)22-14-8-13(9-15(10-14)26-2)16-12-29-21-17(24)11-19(28-20(16)21)23-4-6-27-7-5-23;2*1-22-13-7-11(6-12(19)8-13)14-10-25-18-15(21)9-16(24-17(14)18)20-2-4-23-5-3-20;2*1-2-3(4)5/h2*3,8-12H,1,4-7H2,2H3,(H,22,25);2*6-10H,2-5,19H2,1H3;2*2H,1H2. The first-order valence-electron chi connectivity index (χ1n) is 36.3. The minimum Gasteiger partial charge on any atom is -0.497 e. The van der Waals surface area contributed by atoms with Gasteiger partial charge in [0.25, 0.3) is 0 Å². The fourth-order valence-corrected chi connectivity index (χ4v) is 16.0. The van der Waals surface area contributed by atoms with Crippen LogP contribution in [0.5, 0.6) is 23.0 Å². The molecule has 4 aromatic carbocycles. The van der Waals surface area contributed by atoms with E-state index in [-0.39, 0.29) is 33.5 Å². The van der Waals surface area contributed by atoms with E-state index >= 15 is 0 Å². The van der Waals surface area contributed by atoms with Crippen molar-refractivity contribution < 1.29 is 74.7 Å². The van der Waals surface area contributed by atoms with Crippen LogP contribution in [0.3, 0.4) is 0 Å². The number of methoxy groups -OCH3 is 4. The molecule has 0 atom stereocenters. The average molecular weight is 1720 g/mol. The summed E-state index contributed by atoms with van der Waals surface area (Å²) < 4.78 is 69.7. The lowest BCUT2D eigenvalue weighted by Gasteiger charge is -2.27. The number of carbonyl (C=O) groups is 4. The Balaban J connectivity index is 0.000000148. The molecule has 8 aromatic heterocycles. The number of fused-ring (bicyclic) bond motifs is 4. The van der Waals surface area contributed by atoms with Gasteiger partial charge in [-0.2, -0.15) is 0 Å².